The van der Waals surface area contributed by atoms with Crippen molar-refractivity contribution in [3.8, 4) is 22.3 Å². The molecule has 0 spiro atoms. The van der Waals surface area contributed by atoms with Crippen LogP contribution in [0.5, 0.6) is 0 Å². The van der Waals surface area contributed by atoms with Gasteiger partial charge in [-0.1, -0.05) is 141 Å². The van der Waals surface area contributed by atoms with Crippen molar-refractivity contribution in [2.45, 2.75) is 38.0 Å². The van der Waals surface area contributed by atoms with Gasteiger partial charge < -0.3 is 9.32 Å². The van der Waals surface area contributed by atoms with E-state index in [9.17, 15) is 0 Å². The fraction of sp³-hybridized carbons (Fsp3) is 0.115. The van der Waals surface area contributed by atoms with Gasteiger partial charge in [-0.05, 0) is 100 Å². The summed E-state index contributed by atoms with van der Waals surface area (Å²) in [4.78, 5) is 2.52. The van der Waals surface area contributed by atoms with Gasteiger partial charge >= 0.3 is 0 Å². The van der Waals surface area contributed by atoms with Crippen molar-refractivity contribution in [3.05, 3.63) is 175 Å². The fourth-order valence-corrected chi connectivity index (χ4v) is 10.5. The molecule has 264 valence electrons. The summed E-state index contributed by atoms with van der Waals surface area (Å²) in [7, 11) is 0. The zero-order chi connectivity index (χ0) is 36.3. The van der Waals surface area contributed by atoms with Gasteiger partial charge in [-0.25, -0.2) is 0 Å². The molecule has 10 aromatic rings. The number of para-hydroxylation sites is 2. The number of hydrogen-bond acceptors (Lipinski definition) is 3. The van der Waals surface area contributed by atoms with Gasteiger partial charge in [0.1, 0.15) is 11.2 Å². The lowest BCUT2D eigenvalue weighted by atomic mass is 9.80. The first-order chi connectivity index (χ1) is 27.3. The third-order valence-electron chi connectivity index (χ3n) is 11.9. The molecule has 1 aliphatic carbocycles. The Morgan fingerprint density at radius 2 is 1.18 bits per heavy atom. The Kier molecular flexibility index (Phi) is 7.81. The highest BCUT2D eigenvalue weighted by molar-refractivity contribution is 7.26. The van der Waals surface area contributed by atoms with Crippen LogP contribution in [0.15, 0.2) is 174 Å². The molecule has 1 saturated carbocycles. The molecule has 3 heteroatoms. The predicted octanol–water partition coefficient (Wildman–Crippen LogP) is 16.0. The number of hydrogen-bond donors (Lipinski definition) is 0. The van der Waals surface area contributed by atoms with Crippen LogP contribution in [0.4, 0.5) is 17.1 Å². The SMILES string of the molecule is c1cc(-c2ccc3oc4ccccc4c3c2)cc(N(c2ccccc2-c2cccc3cccc(C4CCCCC4)c23)c2cccc3c2sc2ccccc23)c1. The molecule has 1 aliphatic rings. The van der Waals surface area contributed by atoms with E-state index in [0.29, 0.717) is 5.92 Å². The average molecular weight is 726 g/mol. The van der Waals surface area contributed by atoms with E-state index in [1.807, 2.05) is 23.5 Å². The maximum Gasteiger partial charge on any atom is 0.135 e. The highest BCUT2D eigenvalue weighted by Gasteiger charge is 2.24. The molecule has 2 heterocycles. The minimum atomic E-state index is 0.593. The molecule has 8 aromatic carbocycles. The first-order valence-corrected chi connectivity index (χ1v) is 20.4. The van der Waals surface area contributed by atoms with E-state index in [0.717, 1.165) is 27.6 Å². The number of furan rings is 1. The van der Waals surface area contributed by atoms with E-state index < -0.39 is 0 Å². The van der Waals surface area contributed by atoms with Crippen LogP contribution in [0, 0.1) is 0 Å². The monoisotopic (exact) mass is 725 g/mol. The van der Waals surface area contributed by atoms with E-state index in [-0.39, 0.29) is 0 Å². The second-order valence-corrected chi connectivity index (χ2v) is 16.1. The minimum absolute atomic E-state index is 0.593. The molecule has 1 fully saturated rings. The van der Waals surface area contributed by atoms with E-state index in [1.165, 1.54) is 102 Å². The molecule has 2 aromatic heterocycles. The molecule has 0 saturated heterocycles. The van der Waals surface area contributed by atoms with E-state index in [4.69, 9.17) is 4.42 Å². The van der Waals surface area contributed by atoms with Gasteiger partial charge in [0.05, 0.1) is 16.1 Å². The van der Waals surface area contributed by atoms with Crippen molar-refractivity contribution < 1.29 is 4.42 Å². The van der Waals surface area contributed by atoms with Crippen LogP contribution < -0.4 is 4.90 Å². The topological polar surface area (TPSA) is 16.4 Å². The predicted molar refractivity (Wildman–Crippen MR) is 235 cm³/mol. The van der Waals surface area contributed by atoms with Crippen LogP contribution in [0.25, 0.3) is 75.1 Å². The molecule has 0 aliphatic heterocycles. The number of fused-ring (bicyclic) bond motifs is 7. The standard InChI is InChI=1S/C52H39NOS/c1-2-14-34(15-3-1)39-23-11-16-35-17-12-24-43(51(35)39)40-20-4-7-26-46(40)53(47-27-13-25-44-42-22-6-9-29-50(42)55-52(44)47)38-19-10-18-36(32-38)37-30-31-49-45(33-37)41-21-5-8-28-48(41)54-49/h4-13,16-34H,1-3,14-15H2. The molecule has 0 N–H and O–H groups in total. The molecular weight excluding hydrogens is 687 g/mol. The summed E-state index contributed by atoms with van der Waals surface area (Å²) in [6, 6.07) is 62.6. The quantitative estimate of drug-likeness (QED) is 0.170. The van der Waals surface area contributed by atoms with Crippen LogP contribution in [0.2, 0.25) is 0 Å². The normalized spacial score (nSPS) is 13.7. The summed E-state index contributed by atoms with van der Waals surface area (Å²) in [5.74, 6) is 0.593. The molecule has 55 heavy (non-hydrogen) atoms. The van der Waals surface area contributed by atoms with Gasteiger partial charge in [0.15, 0.2) is 0 Å². The number of benzene rings is 8. The summed E-state index contributed by atoms with van der Waals surface area (Å²) in [6.45, 7) is 0. The number of thiophene rings is 1. The van der Waals surface area contributed by atoms with Crippen molar-refractivity contribution in [1.82, 2.24) is 0 Å². The summed E-state index contributed by atoms with van der Waals surface area (Å²) < 4.78 is 8.80. The molecule has 2 nitrogen and oxygen atoms in total. The van der Waals surface area contributed by atoms with Gasteiger partial charge in [0.25, 0.3) is 0 Å². The van der Waals surface area contributed by atoms with Crippen molar-refractivity contribution >= 4 is 81.3 Å². The number of anilines is 3. The highest BCUT2D eigenvalue weighted by Crippen LogP contribution is 2.49. The third-order valence-corrected chi connectivity index (χ3v) is 13.1. The van der Waals surface area contributed by atoms with Gasteiger partial charge in [-0.2, -0.15) is 0 Å². The smallest absolute Gasteiger partial charge is 0.135 e. The van der Waals surface area contributed by atoms with Crippen molar-refractivity contribution in [1.29, 1.82) is 0 Å². The second kappa shape index (κ2) is 13.3. The molecule has 0 radical (unpaired) electrons. The first kappa shape index (κ1) is 32.3. The Balaban J connectivity index is 1.15. The second-order valence-electron chi connectivity index (χ2n) is 15.0. The van der Waals surface area contributed by atoms with Gasteiger partial charge in [-0.15, -0.1) is 11.3 Å². The summed E-state index contributed by atoms with van der Waals surface area (Å²) in [6.07, 6.45) is 6.51. The van der Waals surface area contributed by atoms with Crippen LogP contribution in [-0.4, -0.2) is 0 Å². The molecule has 0 bridgehead atoms. The van der Waals surface area contributed by atoms with Gasteiger partial charge in [0, 0.05) is 37.5 Å². The Morgan fingerprint density at radius 3 is 2.11 bits per heavy atom. The lowest BCUT2D eigenvalue weighted by Crippen LogP contribution is -2.12. The van der Waals surface area contributed by atoms with Crippen molar-refractivity contribution in [2.75, 3.05) is 4.90 Å². The molecule has 0 atom stereocenters. The average Bonchev–Trinajstić information content (AvgIpc) is 3.83. The van der Waals surface area contributed by atoms with Crippen LogP contribution in [0.3, 0.4) is 0 Å². The number of nitrogens with zero attached hydrogens (tertiary/aromatic N) is 1. The van der Waals surface area contributed by atoms with Crippen molar-refractivity contribution in [3.63, 3.8) is 0 Å². The highest BCUT2D eigenvalue weighted by atomic mass is 32.1. The molecule has 0 amide bonds. The van der Waals surface area contributed by atoms with E-state index >= 15 is 0 Å². The lowest BCUT2D eigenvalue weighted by Gasteiger charge is -2.30. The Morgan fingerprint density at radius 1 is 0.491 bits per heavy atom. The summed E-state index contributed by atoms with van der Waals surface area (Å²) in [5, 5.41) is 7.60. The Bertz CT molecular complexity index is 3050. The van der Waals surface area contributed by atoms with Crippen LogP contribution >= 0.6 is 11.3 Å². The van der Waals surface area contributed by atoms with E-state index in [1.54, 1.807) is 0 Å². The largest absolute Gasteiger partial charge is 0.456 e. The fourth-order valence-electron chi connectivity index (χ4n) is 9.29. The summed E-state index contributed by atoms with van der Waals surface area (Å²) in [5.41, 5.74) is 11.7. The third kappa shape index (κ3) is 5.45. The number of rotatable bonds is 6. The van der Waals surface area contributed by atoms with Gasteiger partial charge in [0.2, 0.25) is 0 Å². The van der Waals surface area contributed by atoms with Crippen LogP contribution in [0.1, 0.15) is 43.6 Å². The Labute approximate surface area is 324 Å². The lowest BCUT2D eigenvalue weighted by molar-refractivity contribution is 0.445. The Hall–Kier alpha value is -6.16. The summed E-state index contributed by atoms with van der Waals surface area (Å²) >= 11 is 1.88. The maximum absolute atomic E-state index is 6.21. The molecule has 11 rings (SSSR count). The zero-order valence-electron chi connectivity index (χ0n) is 30.5. The molecular formula is C52H39NOS. The van der Waals surface area contributed by atoms with E-state index in [2.05, 4.69) is 163 Å². The van der Waals surface area contributed by atoms with Crippen LogP contribution in [-0.2, 0) is 0 Å². The zero-order valence-corrected chi connectivity index (χ0v) is 31.4. The van der Waals surface area contributed by atoms with Gasteiger partial charge in [-0.3, -0.25) is 0 Å². The maximum atomic E-state index is 6.21. The first-order valence-electron chi connectivity index (χ1n) is 19.6. The molecule has 0 unspecified atom stereocenters. The van der Waals surface area contributed by atoms with Crippen molar-refractivity contribution in [2.24, 2.45) is 0 Å². The minimum Gasteiger partial charge on any atom is -0.456 e.